The second kappa shape index (κ2) is 5.80. The highest BCUT2D eigenvalue weighted by Gasteiger charge is 2.28. The zero-order valence-electron chi connectivity index (χ0n) is 11.3. The lowest BCUT2D eigenvalue weighted by Gasteiger charge is -2.11. The van der Waals surface area contributed by atoms with E-state index >= 15 is 0 Å². The molecule has 0 spiro atoms. The quantitative estimate of drug-likeness (QED) is 0.785. The number of nitrogens with one attached hydrogen (secondary N) is 1. The topological polar surface area (TPSA) is 98.5 Å². The molecule has 0 saturated heterocycles. The molecule has 1 aliphatic rings. The van der Waals surface area contributed by atoms with Gasteiger partial charge in [-0.1, -0.05) is 6.92 Å². The monoisotopic (exact) mass is 298 g/mol. The highest BCUT2D eigenvalue weighted by atomic mass is 32.2. The van der Waals surface area contributed by atoms with Crippen LogP contribution in [-0.4, -0.2) is 27.0 Å². The van der Waals surface area contributed by atoms with Gasteiger partial charge in [0.25, 0.3) is 5.91 Å². The van der Waals surface area contributed by atoms with Gasteiger partial charge in [0, 0.05) is 6.04 Å². The molecule has 0 bridgehead atoms. The summed E-state index contributed by atoms with van der Waals surface area (Å²) in [6, 6.07) is 4.16. The van der Waals surface area contributed by atoms with Crippen molar-refractivity contribution in [2.75, 3.05) is 6.61 Å². The second-order valence-corrected chi connectivity index (χ2v) is 6.48. The summed E-state index contributed by atoms with van der Waals surface area (Å²) in [6.07, 6.45) is 2.47. The van der Waals surface area contributed by atoms with Gasteiger partial charge in [0.05, 0.1) is 17.1 Å². The van der Waals surface area contributed by atoms with Crippen LogP contribution in [0.25, 0.3) is 0 Å². The van der Waals surface area contributed by atoms with Crippen molar-refractivity contribution in [1.29, 1.82) is 0 Å². The Morgan fingerprint density at radius 1 is 1.45 bits per heavy atom. The molecule has 110 valence electrons. The number of carbonyl (C=O) groups is 1. The van der Waals surface area contributed by atoms with E-state index in [2.05, 4.69) is 4.72 Å². The number of hydrogen-bond acceptors (Lipinski definition) is 4. The van der Waals surface area contributed by atoms with Gasteiger partial charge >= 0.3 is 0 Å². The summed E-state index contributed by atoms with van der Waals surface area (Å²) >= 11 is 0. The Morgan fingerprint density at radius 2 is 2.15 bits per heavy atom. The molecule has 1 fully saturated rings. The van der Waals surface area contributed by atoms with Crippen molar-refractivity contribution in [2.24, 2.45) is 5.73 Å². The summed E-state index contributed by atoms with van der Waals surface area (Å²) in [5.41, 5.74) is 5.36. The maximum atomic E-state index is 12.1. The van der Waals surface area contributed by atoms with Crippen LogP contribution in [0.3, 0.4) is 0 Å². The maximum Gasteiger partial charge on any atom is 0.252 e. The van der Waals surface area contributed by atoms with Crippen molar-refractivity contribution in [3.8, 4) is 5.75 Å². The number of nitrogens with two attached hydrogens (primary N) is 1. The van der Waals surface area contributed by atoms with Crippen LogP contribution in [-0.2, 0) is 10.0 Å². The molecule has 1 aliphatic carbocycles. The molecule has 1 aromatic rings. The standard InChI is InChI=1S/C13H18N2O4S/c1-2-7-19-12-6-5-10(8-11(12)13(14)16)20(17,18)15-9-3-4-9/h5-6,8-9,15H,2-4,7H2,1H3,(H2,14,16). The van der Waals surface area contributed by atoms with E-state index in [1.54, 1.807) is 0 Å². The van der Waals surface area contributed by atoms with Gasteiger partial charge < -0.3 is 10.5 Å². The van der Waals surface area contributed by atoms with Crippen LogP contribution >= 0.6 is 0 Å². The number of sulfonamides is 1. The van der Waals surface area contributed by atoms with Crippen LogP contribution in [0, 0.1) is 0 Å². The van der Waals surface area contributed by atoms with Crippen molar-refractivity contribution in [2.45, 2.75) is 37.1 Å². The fourth-order valence-electron chi connectivity index (χ4n) is 1.70. The maximum absolute atomic E-state index is 12.1. The highest BCUT2D eigenvalue weighted by Crippen LogP contribution is 2.25. The van der Waals surface area contributed by atoms with Crippen LogP contribution in [0.4, 0.5) is 0 Å². The zero-order chi connectivity index (χ0) is 14.8. The Labute approximate surface area is 118 Å². The molecule has 7 heteroatoms. The predicted molar refractivity (Wildman–Crippen MR) is 74.1 cm³/mol. The fraction of sp³-hybridized carbons (Fsp3) is 0.462. The Bertz CT molecular complexity index is 609. The number of carbonyl (C=O) groups excluding carboxylic acids is 1. The minimum Gasteiger partial charge on any atom is -0.493 e. The summed E-state index contributed by atoms with van der Waals surface area (Å²) in [7, 11) is -3.60. The molecule has 0 aromatic heterocycles. The average molecular weight is 298 g/mol. The van der Waals surface area contributed by atoms with Gasteiger partial charge in [-0.25, -0.2) is 13.1 Å². The zero-order valence-corrected chi connectivity index (χ0v) is 12.1. The lowest BCUT2D eigenvalue weighted by Crippen LogP contribution is -2.26. The third kappa shape index (κ3) is 3.49. The van der Waals surface area contributed by atoms with Gasteiger partial charge in [0.15, 0.2) is 0 Å². The highest BCUT2D eigenvalue weighted by molar-refractivity contribution is 7.89. The molecule has 1 aromatic carbocycles. The molecule has 20 heavy (non-hydrogen) atoms. The molecular formula is C13H18N2O4S. The van der Waals surface area contributed by atoms with Crippen molar-refractivity contribution in [3.63, 3.8) is 0 Å². The molecule has 0 unspecified atom stereocenters. The number of ether oxygens (including phenoxy) is 1. The van der Waals surface area contributed by atoms with Gasteiger partial charge in [-0.3, -0.25) is 4.79 Å². The second-order valence-electron chi connectivity index (χ2n) is 4.77. The van der Waals surface area contributed by atoms with Crippen molar-refractivity contribution in [1.82, 2.24) is 4.72 Å². The summed E-state index contributed by atoms with van der Waals surface area (Å²) in [5, 5.41) is 0. The predicted octanol–water partition coefficient (Wildman–Crippen LogP) is 1.02. The minimum atomic E-state index is -3.60. The van der Waals surface area contributed by atoms with E-state index in [0.29, 0.717) is 12.4 Å². The molecule has 1 amide bonds. The SMILES string of the molecule is CCCOc1ccc(S(=O)(=O)NC2CC2)cc1C(N)=O. The summed E-state index contributed by atoms with van der Waals surface area (Å²) < 4.78 is 32.1. The lowest BCUT2D eigenvalue weighted by atomic mass is 10.2. The molecule has 0 atom stereocenters. The molecule has 0 aliphatic heterocycles. The summed E-state index contributed by atoms with van der Waals surface area (Å²) in [5.74, 6) is -0.399. The van der Waals surface area contributed by atoms with Gasteiger partial charge in [0.2, 0.25) is 10.0 Å². The molecule has 0 heterocycles. The van der Waals surface area contributed by atoms with Crippen LogP contribution in [0.5, 0.6) is 5.75 Å². The Morgan fingerprint density at radius 3 is 2.70 bits per heavy atom. The third-order valence-electron chi connectivity index (χ3n) is 2.89. The van der Waals surface area contributed by atoms with Gasteiger partial charge in [-0.15, -0.1) is 0 Å². The lowest BCUT2D eigenvalue weighted by molar-refractivity contribution is 0.0996. The average Bonchev–Trinajstić information content (AvgIpc) is 3.19. The molecule has 3 N–H and O–H groups in total. The third-order valence-corrected chi connectivity index (χ3v) is 4.41. The first-order chi connectivity index (χ1) is 9.44. The minimum absolute atomic E-state index is 0.00745. The van der Waals surface area contributed by atoms with E-state index in [9.17, 15) is 13.2 Å². The first kappa shape index (κ1) is 14.8. The molecular weight excluding hydrogens is 280 g/mol. The Kier molecular flexibility index (Phi) is 4.29. The molecule has 2 rings (SSSR count). The van der Waals surface area contributed by atoms with Gasteiger partial charge in [-0.2, -0.15) is 0 Å². The summed E-state index contributed by atoms with van der Waals surface area (Å²) in [4.78, 5) is 11.5. The number of primary amides is 1. The van der Waals surface area contributed by atoms with E-state index in [0.717, 1.165) is 19.3 Å². The van der Waals surface area contributed by atoms with E-state index < -0.39 is 15.9 Å². The van der Waals surface area contributed by atoms with E-state index in [1.807, 2.05) is 6.92 Å². The largest absolute Gasteiger partial charge is 0.493 e. The smallest absolute Gasteiger partial charge is 0.252 e. The molecule has 1 saturated carbocycles. The van der Waals surface area contributed by atoms with Gasteiger partial charge in [-0.05, 0) is 37.5 Å². The van der Waals surface area contributed by atoms with Crippen LogP contribution in [0.2, 0.25) is 0 Å². The molecule has 0 radical (unpaired) electrons. The van der Waals surface area contributed by atoms with Crippen molar-refractivity contribution < 1.29 is 17.9 Å². The Balaban J connectivity index is 2.31. The van der Waals surface area contributed by atoms with Crippen LogP contribution < -0.4 is 15.2 Å². The van der Waals surface area contributed by atoms with E-state index in [4.69, 9.17) is 10.5 Å². The normalized spacial score (nSPS) is 15.1. The number of hydrogen-bond donors (Lipinski definition) is 2. The first-order valence-corrected chi connectivity index (χ1v) is 8.01. The van der Waals surface area contributed by atoms with Crippen molar-refractivity contribution in [3.05, 3.63) is 23.8 Å². The first-order valence-electron chi connectivity index (χ1n) is 6.53. The van der Waals surface area contributed by atoms with Crippen molar-refractivity contribution >= 4 is 15.9 Å². The Hall–Kier alpha value is -1.60. The number of amides is 1. The summed E-state index contributed by atoms with van der Waals surface area (Å²) in [6.45, 7) is 2.37. The van der Waals surface area contributed by atoms with Gasteiger partial charge in [0.1, 0.15) is 5.75 Å². The number of benzene rings is 1. The van der Waals surface area contributed by atoms with E-state index in [1.165, 1.54) is 18.2 Å². The van der Waals surface area contributed by atoms with Crippen LogP contribution in [0.15, 0.2) is 23.1 Å². The number of rotatable bonds is 7. The fourth-order valence-corrected chi connectivity index (χ4v) is 3.03. The van der Waals surface area contributed by atoms with Crippen LogP contribution in [0.1, 0.15) is 36.5 Å². The molecule has 6 nitrogen and oxygen atoms in total. The van der Waals surface area contributed by atoms with E-state index in [-0.39, 0.29) is 16.5 Å².